The van der Waals surface area contributed by atoms with Gasteiger partial charge in [0.15, 0.2) is 0 Å². The number of hydrogen-bond donors (Lipinski definition) is 3. The summed E-state index contributed by atoms with van der Waals surface area (Å²) in [7, 11) is 0. The number of primary amides is 1. The van der Waals surface area contributed by atoms with Crippen molar-refractivity contribution in [3.05, 3.63) is 69.9 Å². The van der Waals surface area contributed by atoms with Gasteiger partial charge in [-0.25, -0.2) is 0 Å². The number of carbonyl (C=O) groups is 1. The first kappa shape index (κ1) is 15.3. The van der Waals surface area contributed by atoms with Crippen molar-refractivity contribution < 1.29 is 4.79 Å². The Morgan fingerprint density at radius 3 is 2.61 bits per heavy atom. The van der Waals surface area contributed by atoms with Gasteiger partial charge in [-0.1, -0.05) is 29.8 Å². The summed E-state index contributed by atoms with van der Waals surface area (Å²) in [5.74, 6) is -0.524. The molecular formula is C18H16ClN3O. The molecule has 0 aliphatic heterocycles. The topological polar surface area (TPSA) is 82.7 Å². The fourth-order valence-corrected chi connectivity index (χ4v) is 2.99. The van der Waals surface area contributed by atoms with Gasteiger partial charge in [0.05, 0.1) is 0 Å². The van der Waals surface area contributed by atoms with E-state index in [4.69, 9.17) is 22.7 Å². The summed E-state index contributed by atoms with van der Waals surface area (Å²) in [6.45, 7) is 1.97. The number of fused-ring (bicyclic) bond motifs is 1. The molecule has 0 spiro atoms. The van der Waals surface area contributed by atoms with Crippen LogP contribution < -0.4 is 5.73 Å². The van der Waals surface area contributed by atoms with Crippen LogP contribution in [0.4, 0.5) is 0 Å². The van der Waals surface area contributed by atoms with Gasteiger partial charge in [0.1, 0.15) is 0 Å². The van der Waals surface area contributed by atoms with E-state index in [2.05, 4.69) is 4.98 Å². The van der Waals surface area contributed by atoms with Gasteiger partial charge in [-0.3, -0.25) is 4.79 Å². The third kappa shape index (κ3) is 2.85. The molecule has 0 aliphatic carbocycles. The van der Waals surface area contributed by atoms with Crippen molar-refractivity contribution in [2.45, 2.75) is 13.3 Å². The second kappa shape index (κ2) is 5.89. The molecule has 0 atom stereocenters. The Hall–Kier alpha value is -2.59. The molecule has 0 bridgehead atoms. The average Bonchev–Trinajstić information content (AvgIpc) is 2.83. The van der Waals surface area contributed by atoms with Gasteiger partial charge in [0.2, 0.25) is 5.91 Å². The van der Waals surface area contributed by atoms with Gasteiger partial charge >= 0.3 is 0 Å². The number of benzene rings is 2. The standard InChI is InChI=1S/C18H16ClN3O/c1-10-14(15-8-11(19)6-7-17(15)22-10)9-16(20)12-4-2-3-5-13(12)18(21)23/h2-8,20,22H,9H2,1H3,(H2,21,23). The molecule has 2 aromatic carbocycles. The van der Waals surface area contributed by atoms with E-state index in [1.807, 2.05) is 25.1 Å². The molecule has 0 radical (unpaired) electrons. The third-order valence-electron chi connectivity index (χ3n) is 3.95. The highest BCUT2D eigenvalue weighted by Gasteiger charge is 2.15. The number of carbonyl (C=O) groups excluding carboxylic acids is 1. The van der Waals surface area contributed by atoms with Crippen molar-refractivity contribution in [3.63, 3.8) is 0 Å². The molecule has 3 rings (SSSR count). The zero-order valence-electron chi connectivity index (χ0n) is 12.6. The first-order chi connectivity index (χ1) is 11.0. The van der Waals surface area contributed by atoms with Crippen molar-refractivity contribution in [2.75, 3.05) is 0 Å². The summed E-state index contributed by atoms with van der Waals surface area (Å²) in [5, 5.41) is 10.1. The van der Waals surface area contributed by atoms with Crippen LogP contribution in [-0.2, 0) is 6.42 Å². The number of aryl methyl sites for hydroxylation is 1. The zero-order chi connectivity index (χ0) is 16.6. The zero-order valence-corrected chi connectivity index (χ0v) is 13.4. The van der Waals surface area contributed by atoms with Crippen LogP contribution in [0.5, 0.6) is 0 Å². The number of H-pyrrole nitrogens is 1. The number of nitrogens with one attached hydrogen (secondary N) is 2. The van der Waals surface area contributed by atoms with Crippen molar-refractivity contribution in [1.82, 2.24) is 4.98 Å². The number of amides is 1. The van der Waals surface area contributed by atoms with Crippen LogP contribution in [0.1, 0.15) is 27.2 Å². The first-order valence-electron chi connectivity index (χ1n) is 7.20. The monoisotopic (exact) mass is 325 g/mol. The lowest BCUT2D eigenvalue weighted by Gasteiger charge is -2.09. The van der Waals surface area contributed by atoms with E-state index in [1.165, 1.54) is 0 Å². The molecule has 3 aromatic rings. The van der Waals surface area contributed by atoms with E-state index >= 15 is 0 Å². The van der Waals surface area contributed by atoms with E-state index in [0.29, 0.717) is 28.3 Å². The summed E-state index contributed by atoms with van der Waals surface area (Å²) in [4.78, 5) is 14.9. The van der Waals surface area contributed by atoms with Gasteiger partial charge in [0, 0.05) is 44.9 Å². The molecule has 0 saturated heterocycles. The predicted octanol–water partition coefficient (Wildman–Crippen LogP) is 3.84. The lowest BCUT2D eigenvalue weighted by atomic mass is 9.96. The van der Waals surface area contributed by atoms with Crippen molar-refractivity contribution >= 4 is 34.1 Å². The van der Waals surface area contributed by atoms with E-state index < -0.39 is 5.91 Å². The molecule has 5 heteroatoms. The van der Waals surface area contributed by atoms with Crippen LogP contribution in [0.2, 0.25) is 5.02 Å². The molecule has 116 valence electrons. The van der Waals surface area contributed by atoms with E-state index in [0.717, 1.165) is 22.2 Å². The Morgan fingerprint density at radius 2 is 1.91 bits per heavy atom. The van der Waals surface area contributed by atoms with Crippen LogP contribution in [0, 0.1) is 12.3 Å². The van der Waals surface area contributed by atoms with Gasteiger partial charge < -0.3 is 16.1 Å². The summed E-state index contributed by atoms with van der Waals surface area (Å²) in [5.41, 5.74) is 9.67. The molecule has 23 heavy (non-hydrogen) atoms. The summed E-state index contributed by atoms with van der Waals surface area (Å²) < 4.78 is 0. The first-order valence-corrected chi connectivity index (χ1v) is 7.58. The lowest BCUT2D eigenvalue weighted by Crippen LogP contribution is -2.17. The number of hydrogen-bond acceptors (Lipinski definition) is 2. The molecule has 1 heterocycles. The number of nitrogens with two attached hydrogens (primary N) is 1. The SMILES string of the molecule is Cc1[nH]c2ccc(Cl)cc2c1CC(=N)c1ccccc1C(N)=O. The average molecular weight is 326 g/mol. The van der Waals surface area contributed by atoms with Gasteiger partial charge in [-0.15, -0.1) is 0 Å². The molecule has 1 aromatic heterocycles. The van der Waals surface area contributed by atoms with Gasteiger partial charge in [-0.05, 0) is 36.8 Å². The quantitative estimate of drug-likeness (QED) is 0.626. The van der Waals surface area contributed by atoms with Gasteiger partial charge in [0.25, 0.3) is 0 Å². The molecule has 0 aliphatic rings. The highest BCUT2D eigenvalue weighted by Crippen LogP contribution is 2.27. The Morgan fingerprint density at radius 1 is 1.22 bits per heavy atom. The highest BCUT2D eigenvalue weighted by atomic mass is 35.5. The molecule has 0 unspecified atom stereocenters. The molecule has 4 nitrogen and oxygen atoms in total. The van der Waals surface area contributed by atoms with E-state index in [-0.39, 0.29) is 0 Å². The summed E-state index contributed by atoms with van der Waals surface area (Å²) >= 11 is 6.09. The second-order valence-corrected chi connectivity index (χ2v) is 5.92. The predicted molar refractivity (Wildman–Crippen MR) is 93.5 cm³/mol. The van der Waals surface area contributed by atoms with Crippen molar-refractivity contribution in [1.29, 1.82) is 5.41 Å². The fourth-order valence-electron chi connectivity index (χ4n) is 2.82. The molecular weight excluding hydrogens is 310 g/mol. The minimum absolute atomic E-state index is 0.350. The largest absolute Gasteiger partial charge is 0.366 e. The Kier molecular flexibility index (Phi) is 3.92. The number of rotatable bonds is 4. The molecule has 1 amide bonds. The van der Waals surface area contributed by atoms with Crippen LogP contribution in [0.3, 0.4) is 0 Å². The van der Waals surface area contributed by atoms with E-state index in [9.17, 15) is 4.79 Å². The lowest BCUT2D eigenvalue weighted by molar-refractivity contribution is 0.1000. The van der Waals surface area contributed by atoms with Crippen LogP contribution in [0.25, 0.3) is 10.9 Å². The van der Waals surface area contributed by atoms with Crippen molar-refractivity contribution in [2.24, 2.45) is 5.73 Å². The maximum Gasteiger partial charge on any atom is 0.249 e. The summed E-state index contributed by atoms with van der Waals surface area (Å²) in [6, 6.07) is 12.6. The number of halogens is 1. The number of aromatic nitrogens is 1. The van der Waals surface area contributed by atoms with Crippen LogP contribution in [-0.4, -0.2) is 16.6 Å². The third-order valence-corrected chi connectivity index (χ3v) is 4.19. The maximum absolute atomic E-state index is 11.6. The minimum atomic E-state index is -0.524. The molecule has 4 N–H and O–H groups in total. The smallest absolute Gasteiger partial charge is 0.249 e. The normalized spacial score (nSPS) is 10.9. The fraction of sp³-hybridized carbons (Fsp3) is 0.111. The van der Waals surface area contributed by atoms with E-state index in [1.54, 1.807) is 24.3 Å². The minimum Gasteiger partial charge on any atom is -0.366 e. The molecule has 0 fully saturated rings. The summed E-state index contributed by atoms with van der Waals surface area (Å²) in [6.07, 6.45) is 0.399. The number of aromatic amines is 1. The van der Waals surface area contributed by atoms with Crippen molar-refractivity contribution in [3.8, 4) is 0 Å². The second-order valence-electron chi connectivity index (χ2n) is 5.48. The Bertz CT molecular complexity index is 927. The highest BCUT2D eigenvalue weighted by molar-refractivity contribution is 6.31. The van der Waals surface area contributed by atoms with Crippen LogP contribution in [0.15, 0.2) is 42.5 Å². The van der Waals surface area contributed by atoms with Crippen LogP contribution >= 0.6 is 11.6 Å². The Balaban J connectivity index is 2.03. The van der Waals surface area contributed by atoms with Gasteiger partial charge in [-0.2, -0.15) is 0 Å². The molecule has 0 saturated carbocycles. The maximum atomic E-state index is 11.6. The Labute approximate surface area is 138 Å².